The fourth-order valence-electron chi connectivity index (χ4n) is 2.37. The van der Waals surface area contributed by atoms with Crippen LogP contribution in [0.5, 0.6) is 0 Å². The Morgan fingerprint density at radius 2 is 2.25 bits per heavy atom. The van der Waals surface area contributed by atoms with Crippen LogP contribution >= 0.6 is 0 Å². The highest BCUT2D eigenvalue weighted by molar-refractivity contribution is 4.97. The fraction of sp³-hybridized carbons (Fsp3) is 0.857. The summed E-state index contributed by atoms with van der Waals surface area (Å²) in [6.07, 6.45) is 2.95. The van der Waals surface area contributed by atoms with Gasteiger partial charge in [-0.3, -0.25) is 4.90 Å². The van der Waals surface area contributed by atoms with Crippen LogP contribution in [-0.4, -0.2) is 40.8 Å². The molecule has 0 spiro atoms. The van der Waals surface area contributed by atoms with Crippen molar-refractivity contribution in [3.63, 3.8) is 0 Å². The predicted octanol–water partition coefficient (Wildman–Crippen LogP) is 2.04. The van der Waals surface area contributed by atoms with Crippen LogP contribution in [0.1, 0.15) is 63.9 Å². The van der Waals surface area contributed by atoms with Crippen LogP contribution in [0.25, 0.3) is 0 Å². The molecule has 1 aromatic heterocycles. The maximum absolute atomic E-state index is 6.05. The van der Waals surface area contributed by atoms with E-state index in [1.807, 2.05) is 0 Å². The molecule has 20 heavy (non-hydrogen) atoms. The van der Waals surface area contributed by atoms with Gasteiger partial charge in [0.2, 0.25) is 11.7 Å². The summed E-state index contributed by atoms with van der Waals surface area (Å²) in [5, 5.41) is 4.05. The molecule has 0 aromatic carbocycles. The number of hydrogen-bond acceptors (Lipinski definition) is 6. The molecule has 1 fully saturated rings. The van der Waals surface area contributed by atoms with Crippen molar-refractivity contribution in [3.8, 4) is 0 Å². The molecule has 1 aromatic rings. The zero-order valence-corrected chi connectivity index (χ0v) is 12.7. The summed E-state index contributed by atoms with van der Waals surface area (Å²) < 4.78 is 11.0. The third-order valence-electron chi connectivity index (χ3n) is 3.76. The monoisotopic (exact) mass is 282 g/mol. The van der Waals surface area contributed by atoms with Crippen molar-refractivity contribution in [1.82, 2.24) is 15.0 Å². The van der Waals surface area contributed by atoms with Gasteiger partial charge in [-0.1, -0.05) is 24.9 Å². The van der Waals surface area contributed by atoms with Gasteiger partial charge in [0.15, 0.2) is 0 Å². The summed E-state index contributed by atoms with van der Waals surface area (Å²) in [5.41, 5.74) is 6.05. The summed E-state index contributed by atoms with van der Waals surface area (Å²) in [4.78, 5) is 6.79. The van der Waals surface area contributed by atoms with Gasteiger partial charge in [-0.2, -0.15) is 4.98 Å². The Balaban J connectivity index is 1.97. The van der Waals surface area contributed by atoms with E-state index in [-0.39, 0.29) is 12.1 Å². The van der Waals surface area contributed by atoms with Crippen molar-refractivity contribution in [3.05, 3.63) is 11.7 Å². The first kappa shape index (κ1) is 15.4. The Morgan fingerprint density at radius 1 is 1.45 bits per heavy atom. The molecule has 6 heteroatoms. The average molecular weight is 282 g/mol. The van der Waals surface area contributed by atoms with Gasteiger partial charge in [-0.15, -0.1) is 0 Å². The van der Waals surface area contributed by atoms with Crippen molar-refractivity contribution in [2.24, 2.45) is 5.73 Å². The largest absolute Gasteiger partial charge is 0.367 e. The van der Waals surface area contributed by atoms with Crippen LogP contribution in [0, 0.1) is 0 Å². The summed E-state index contributed by atoms with van der Waals surface area (Å²) in [7, 11) is 0. The molecule has 1 aliphatic heterocycles. The molecule has 2 heterocycles. The van der Waals surface area contributed by atoms with E-state index in [4.69, 9.17) is 15.0 Å². The Morgan fingerprint density at radius 3 is 2.95 bits per heavy atom. The van der Waals surface area contributed by atoms with Crippen molar-refractivity contribution in [2.45, 2.75) is 58.2 Å². The van der Waals surface area contributed by atoms with E-state index < -0.39 is 0 Å². The van der Waals surface area contributed by atoms with Crippen molar-refractivity contribution in [1.29, 1.82) is 0 Å². The van der Waals surface area contributed by atoms with Crippen LogP contribution in [-0.2, 0) is 4.74 Å². The summed E-state index contributed by atoms with van der Waals surface area (Å²) in [5.74, 6) is 1.15. The maximum atomic E-state index is 6.05. The standard InChI is InChI=1S/C14H26N4O2/c1-4-5-6-11(15)14-16-13(17-20-14)12-9-18(10(2)3)7-8-19-12/h10-12H,4-9,15H2,1-3H3/t11-,12?/m0/s1. The van der Waals surface area contributed by atoms with E-state index in [0.717, 1.165) is 32.4 Å². The minimum Gasteiger partial charge on any atom is -0.367 e. The second-order valence-electron chi connectivity index (χ2n) is 5.69. The van der Waals surface area contributed by atoms with Crippen LogP contribution < -0.4 is 5.73 Å². The van der Waals surface area contributed by atoms with Crippen molar-refractivity contribution < 1.29 is 9.26 Å². The van der Waals surface area contributed by atoms with E-state index in [2.05, 4.69) is 35.8 Å². The van der Waals surface area contributed by atoms with E-state index >= 15 is 0 Å². The summed E-state index contributed by atoms with van der Waals surface area (Å²) in [6.45, 7) is 8.97. The number of rotatable bonds is 6. The lowest BCUT2D eigenvalue weighted by Crippen LogP contribution is -2.42. The molecule has 0 amide bonds. The van der Waals surface area contributed by atoms with E-state index in [0.29, 0.717) is 24.4 Å². The number of unbranched alkanes of at least 4 members (excludes halogenated alkanes) is 1. The maximum Gasteiger partial charge on any atom is 0.243 e. The molecule has 0 radical (unpaired) electrons. The zero-order valence-electron chi connectivity index (χ0n) is 12.7. The molecular weight excluding hydrogens is 256 g/mol. The smallest absolute Gasteiger partial charge is 0.243 e. The Bertz CT molecular complexity index is 408. The van der Waals surface area contributed by atoms with Gasteiger partial charge in [-0.05, 0) is 20.3 Å². The minimum absolute atomic E-state index is 0.109. The van der Waals surface area contributed by atoms with Gasteiger partial charge in [-0.25, -0.2) is 0 Å². The molecule has 0 bridgehead atoms. The average Bonchev–Trinajstić information content (AvgIpc) is 2.94. The molecule has 6 nitrogen and oxygen atoms in total. The highest BCUT2D eigenvalue weighted by atomic mass is 16.5. The number of hydrogen-bond donors (Lipinski definition) is 1. The topological polar surface area (TPSA) is 77.4 Å². The Kier molecular flexibility index (Phi) is 5.51. The van der Waals surface area contributed by atoms with Gasteiger partial charge < -0.3 is 15.0 Å². The van der Waals surface area contributed by atoms with Crippen LogP contribution in [0.4, 0.5) is 0 Å². The number of nitrogens with two attached hydrogens (primary N) is 1. The number of morpholine rings is 1. The van der Waals surface area contributed by atoms with E-state index in [1.165, 1.54) is 0 Å². The first-order valence-corrected chi connectivity index (χ1v) is 7.56. The number of nitrogens with zero attached hydrogens (tertiary/aromatic N) is 3. The molecule has 2 atom stereocenters. The highest BCUT2D eigenvalue weighted by Gasteiger charge is 2.28. The highest BCUT2D eigenvalue weighted by Crippen LogP contribution is 2.23. The first-order valence-electron chi connectivity index (χ1n) is 7.56. The van der Waals surface area contributed by atoms with Gasteiger partial charge in [0.1, 0.15) is 6.10 Å². The minimum atomic E-state index is -0.166. The van der Waals surface area contributed by atoms with Crippen molar-refractivity contribution in [2.75, 3.05) is 19.7 Å². The Labute approximate surface area is 120 Å². The van der Waals surface area contributed by atoms with Crippen molar-refractivity contribution >= 4 is 0 Å². The third kappa shape index (κ3) is 3.77. The first-order chi connectivity index (χ1) is 9.61. The van der Waals surface area contributed by atoms with Gasteiger partial charge in [0, 0.05) is 19.1 Å². The molecule has 1 aliphatic rings. The SMILES string of the molecule is CCCC[C@H](N)c1nc(C2CN(C(C)C)CCO2)no1. The van der Waals surface area contributed by atoms with Gasteiger partial charge in [0.05, 0.1) is 12.6 Å². The molecule has 1 saturated heterocycles. The fourth-order valence-corrected chi connectivity index (χ4v) is 2.37. The van der Waals surface area contributed by atoms with E-state index in [1.54, 1.807) is 0 Å². The molecule has 0 saturated carbocycles. The van der Waals surface area contributed by atoms with E-state index in [9.17, 15) is 0 Å². The van der Waals surface area contributed by atoms with Gasteiger partial charge >= 0.3 is 0 Å². The van der Waals surface area contributed by atoms with Crippen LogP contribution in [0.2, 0.25) is 0 Å². The number of ether oxygens (including phenoxy) is 1. The second kappa shape index (κ2) is 7.15. The predicted molar refractivity (Wildman–Crippen MR) is 76.2 cm³/mol. The zero-order chi connectivity index (χ0) is 14.5. The summed E-state index contributed by atoms with van der Waals surface area (Å²) >= 11 is 0. The lowest BCUT2D eigenvalue weighted by Gasteiger charge is -2.34. The molecular formula is C14H26N4O2. The lowest BCUT2D eigenvalue weighted by atomic mass is 10.1. The molecule has 2 N–H and O–H groups in total. The normalized spacial score (nSPS) is 22.4. The second-order valence-corrected chi connectivity index (χ2v) is 5.69. The number of aromatic nitrogens is 2. The quantitative estimate of drug-likeness (QED) is 0.860. The molecule has 1 unspecified atom stereocenters. The molecule has 0 aliphatic carbocycles. The van der Waals surface area contributed by atoms with Crippen LogP contribution in [0.15, 0.2) is 4.52 Å². The van der Waals surface area contributed by atoms with Crippen LogP contribution in [0.3, 0.4) is 0 Å². The van der Waals surface area contributed by atoms with Gasteiger partial charge in [0.25, 0.3) is 0 Å². The Hall–Kier alpha value is -0.980. The lowest BCUT2D eigenvalue weighted by molar-refractivity contribution is -0.0450. The molecule has 2 rings (SSSR count). The molecule has 114 valence electrons. The summed E-state index contributed by atoms with van der Waals surface area (Å²) in [6, 6.07) is 0.334. The third-order valence-corrected chi connectivity index (χ3v) is 3.76.